The normalized spacial score (nSPS) is 10.8. The lowest BCUT2D eigenvalue weighted by molar-refractivity contribution is 0.103. The number of hydrogen-bond donors (Lipinski definition) is 2. The maximum Gasteiger partial charge on any atom is 0.201 e. The minimum Gasteiger partial charge on any atom is -0.504 e. The number of carbonyl (C=O) groups is 1. The molecule has 0 atom stereocenters. The number of rotatable bonds is 14. The number of ether oxygens (including phenoxy) is 1. The molecule has 4 heteroatoms. The standard InChI is InChI=1S/C25H34O4/c1-2-3-4-5-6-7-8-9-10-14-19-29-22-18-17-21(24(27)25(22)28)23(26)20-15-12-11-13-16-20/h11-13,15-18,27-28H,2-10,14,19H2,1H3. The van der Waals surface area contributed by atoms with Crippen LogP contribution in [0.5, 0.6) is 17.2 Å². The van der Waals surface area contributed by atoms with Crippen LogP contribution in [0, 0.1) is 0 Å². The Morgan fingerprint density at radius 2 is 1.34 bits per heavy atom. The largest absolute Gasteiger partial charge is 0.504 e. The quantitative estimate of drug-likeness (QED) is 0.213. The van der Waals surface area contributed by atoms with Gasteiger partial charge in [0.25, 0.3) is 0 Å². The van der Waals surface area contributed by atoms with E-state index in [-0.39, 0.29) is 22.8 Å². The number of benzene rings is 2. The van der Waals surface area contributed by atoms with Crippen molar-refractivity contribution >= 4 is 5.78 Å². The first-order chi connectivity index (χ1) is 14.1. The third-order valence-electron chi connectivity index (χ3n) is 5.15. The van der Waals surface area contributed by atoms with Gasteiger partial charge in [0, 0.05) is 5.56 Å². The second-order valence-corrected chi connectivity index (χ2v) is 7.53. The van der Waals surface area contributed by atoms with Crippen molar-refractivity contribution in [3.05, 3.63) is 53.6 Å². The molecule has 0 aliphatic heterocycles. The third-order valence-corrected chi connectivity index (χ3v) is 5.15. The Hall–Kier alpha value is -2.49. The molecule has 29 heavy (non-hydrogen) atoms. The van der Waals surface area contributed by atoms with Crippen molar-refractivity contribution in [2.45, 2.75) is 71.1 Å². The highest BCUT2D eigenvalue weighted by Crippen LogP contribution is 2.39. The van der Waals surface area contributed by atoms with Crippen LogP contribution in [0.15, 0.2) is 42.5 Å². The maximum absolute atomic E-state index is 12.5. The summed E-state index contributed by atoms with van der Waals surface area (Å²) in [7, 11) is 0. The first kappa shape index (κ1) is 22.8. The van der Waals surface area contributed by atoms with E-state index in [2.05, 4.69) is 6.92 Å². The van der Waals surface area contributed by atoms with Crippen molar-refractivity contribution in [3.63, 3.8) is 0 Å². The molecule has 4 nitrogen and oxygen atoms in total. The van der Waals surface area contributed by atoms with E-state index >= 15 is 0 Å². The van der Waals surface area contributed by atoms with Gasteiger partial charge in [0.05, 0.1) is 12.2 Å². The van der Waals surface area contributed by atoms with E-state index in [0.29, 0.717) is 12.2 Å². The summed E-state index contributed by atoms with van der Waals surface area (Å²) in [6.07, 6.45) is 12.4. The van der Waals surface area contributed by atoms with Gasteiger partial charge in [-0.15, -0.1) is 0 Å². The smallest absolute Gasteiger partial charge is 0.201 e. The molecule has 0 spiro atoms. The molecule has 0 aliphatic carbocycles. The molecule has 0 unspecified atom stereocenters. The predicted octanol–water partition coefficient (Wildman–Crippen LogP) is 6.63. The van der Waals surface area contributed by atoms with Gasteiger partial charge in [-0.1, -0.05) is 95.0 Å². The summed E-state index contributed by atoms with van der Waals surface area (Å²) in [5.41, 5.74) is 0.529. The van der Waals surface area contributed by atoms with Crippen molar-refractivity contribution in [2.24, 2.45) is 0 Å². The molecule has 2 rings (SSSR count). The lowest BCUT2D eigenvalue weighted by Crippen LogP contribution is -2.03. The average Bonchev–Trinajstić information content (AvgIpc) is 2.75. The molecular formula is C25H34O4. The average molecular weight is 399 g/mol. The molecule has 0 bridgehead atoms. The topological polar surface area (TPSA) is 66.8 Å². The lowest BCUT2D eigenvalue weighted by atomic mass is 10.0. The van der Waals surface area contributed by atoms with Gasteiger partial charge >= 0.3 is 0 Å². The zero-order chi connectivity index (χ0) is 20.9. The Morgan fingerprint density at radius 3 is 1.97 bits per heavy atom. The second kappa shape index (κ2) is 12.9. The fourth-order valence-corrected chi connectivity index (χ4v) is 3.38. The highest BCUT2D eigenvalue weighted by molar-refractivity contribution is 6.11. The number of ketones is 1. The van der Waals surface area contributed by atoms with Gasteiger partial charge in [-0.3, -0.25) is 4.79 Å². The van der Waals surface area contributed by atoms with Gasteiger partial charge in [0.15, 0.2) is 17.3 Å². The zero-order valence-corrected chi connectivity index (χ0v) is 17.5. The van der Waals surface area contributed by atoms with Crippen LogP contribution in [-0.4, -0.2) is 22.6 Å². The zero-order valence-electron chi connectivity index (χ0n) is 17.5. The van der Waals surface area contributed by atoms with Crippen LogP contribution in [0.1, 0.15) is 87.1 Å². The number of unbranched alkanes of at least 4 members (excludes halogenated alkanes) is 9. The Balaban J connectivity index is 1.71. The van der Waals surface area contributed by atoms with Crippen molar-refractivity contribution in [3.8, 4) is 17.2 Å². The van der Waals surface area contributed by atoms with Crippen molar-refractivity contribution in [1.29, 1.82) is 0 Å². The SMILES string of the molecule is CCCCCCCCCCCCOc1ccc(C(=O)c2ccccc2)c(O)c1O. The summed E-state index contributed by atoms with van der Waals surface area (Å²) in [6.45, 7) is 2.72. The molecule has 0 aliphatic rings. The van der Waals surface area contributed by atoms with Crippen LogP contribution in [0.4, 0.5) is 0 Å². The Bertz CT molecular complexity index is 740. The molecule has 0 saturated carbocycles. The van der Waals surface area contributed by atoms with E-state index < -0.39 is 5.75 Å². The number of hydrogen-bond acceptors (Lipinski definition) is 4. The van der Waals surface area contributed by atoms with Crippen molar-refractivity contribution in [2.75, 3.05) is 6.61 Å². The van der Waals surface area contributed by atoms with Gasteiger partial charge < -0.3 is 14.9 Å². The molecule has 0 aromatic heterocycles. The first-order valence-electron chi connectivity index (χ1n) is 10.9. The molecule has 0 fully saturated rings. The van der Waals surface area contributed by atoms with Crippen LogP contribution >= 0.6 is 0 Å². The molecule has 0 saturated heterocycles. The van der Waals surface area contributed by atoms with E-state index in [1.165, 1.54) is 57.4 Å². The van der Waals surface area contributed by atoms with Crippen LogP contribution in [0.3, 0.4) is 0 Å². The third kappa shape index (κ3) is 7.45. The predicted molar refractivity (Wildman–Crippen MR) is 117 cm³/mol. The van der Waals surface area contributed by atoms with Gasteiger partial charge in [0.1, 0.15) is 0 Å². The second-order valence-electron chi connectivity index (χ2n) is 7.53. The van der Waals surface area contributed by atoms with E-state index in [4.69, 9.17) is 4.74 Å². The molecular weight excluding hydrogens is 364 g/mol. The fraction of sp³-hybridized carbons (Fsp3) is 0.480. The minimum atomic E-state index is -0.431. The fourth-order valence-electron chi connectivity index (χ4n) is 3.38. The number of aromatic hydroxyl groups is 2. The molecule has 0 heterocycles. The summed E-state index contributed by atoms with van der Waals surface area (Å²) in [5, 5.41) is 20.4. The highest BCUT2D eigenvalue weighted by Gasteiger charge is 2.19. The van der Waals surface area contributed by atoms with E-state index in [1.54, 1.807) is 30.3 Å². The van der Waals surface area contributed by atoms with E-state index in [0.717, 1.165) is 12.8 Å². The molecule has 0 amide bonds. The van der Waals surface area contributed by atoms with E-state index in [1.807, 2.05) is 6.07 Å². The molecule has 2 N–H and O–H groups in total. The molecule has 158 valence electrons. The number of carbonyl (C=O) groups excluding carboxylic acids is 1. The Morgan fingerprint density at radius 1 is 0.759 bits per heavy atom. The van der Waals surface area contributed by atoms with Gasteiger partial charge in [-0.05, 0) is 18.6 Å². The van der Waals surface area contributed by atoms with Crippen LogP contribution in [-0.2, 0) is 0 Å². The Labute approximate surface area is 174 Å². The molecule has 2 aromatic carbocycles. The lowest BCUT2D eigenvalue weighted by Gasteiger charge is -2.11. The summed E-state index contributed by atoms with van der Waals surface area (Å²) in [5.74, 6) is -0.930. The van der Waals surface area contributed by atoms with Gasteiger partial charge in [-0.2, -0.15) is 0 Å². The summed E-state index contributed by atoms with van der Waals surface area (Å²) in [4.78, 5) is 12.5. The minimum absolute atomic E-state index is 0.0694. The van der Waals surface area contributed by atoms with Crippen LogP contribution < -0.4 is 4.74 Å². The number of phenolic OH excluding ortho intramolecular Hbond substituents is 2. The van der Waals surface area contributed by atoms with Crippen molar-refractivity contribution < 1.29 is 19.7 Å². The monoisotopic (exact) mass is 398 g/mol. The summed E-state index contributed by atoms with van der Waals surface area (Å²) in [6, 6.07) is 11.7. The van der Waals surface area contributed by atoms with Gasteiger partial charge in [-0.25, -0.2) is 0 Å². The summed E-state index contributed by atoms with van der Waals surface area (Å²) < 4.78 is 5.61. The molecule has 0 radical (unpaired) electrons. The maximum atomic E-state index is 12.5. The Kier molecular flexibility index (Phi) is 10.1. The first-order valence-corrected chi connectivity index (χ1v) is 10.9. The highest BCUT2D eigenvalue weighted by atomic mass is 16.5. The van der Waals surface area contributed by atoms with Crippen LogP contribution in [0.2, 0.25) is 0 Å². The van der Waals surface area contributed by atoms with Crippen LogP contribution in [0.25, 0.3) is 0 Å². The summed E-state index contributed by atoms with van der Waals surface area (Å²) >= 11 is 0. The van der Waals surface area contributed by atoms with E-state index in [9.17, 15) is 15.0 Å². The number of phenols is 2. The van der Waals surface area contributed by atoms with Gasteiger partial charge in [0.2, 0.25) is 5.75 Å². The molecule has 2 aromatic rings. The van der Waals surface area contributed by atoms with Crippen molar-refractivity contribution in [1.82, 2.24) is 0 Å².